The van der Waals surface area contributed by atoms with Crippen molar-refractivity contribution in [3.05, 3.63) is 59.0 Å². The number of aromatic nitrogens is 1. The largest absolute Gasteiger partial charge is 0.375 e. The molecule has 1 saturated heterocycles. The van der Waals surface area contributed by atoms with Crippen LogP contribution in [0.2, 0.25) is 0 Å². The van der Waals surface area contributed by atoms with E-state index in [-0.39, 0.29) is 35.9 Å². The topological polar surface area (TPSA) is 61.8 Å². The van der Waals surface area contributed by atoms with E-state index < -0.39 is 0 Å². The lowest BCUT2D eigenvalue weighted by Gasteiger charge is -2.32. The van der Waals surface area contributed by atoms with Crippen molar-refractivity contribution in [2.45, 2.75) is 40.0 Å². The SMILES string of the molecule is CCNC(=NCc1ccc(F)c(C)c1)NCc1ccnc(N2CCOC(C)C2)c1.I. The zero-order valence-electron chi connectivity index (χ0n) is 17.8. The summed E-state index contributed by atoms with van der Waals surface area (Å²) in [6.07, 6.45) is 2.06. The molecule has 2 heterocycles. The van der Waals surface area contributed by atoms with Gasteiger partial charge in [-0.15, -0.1) is 24.0 Å². The van der Waals surface area contributed by atoms with E-state index in [1.807, 2.05) is 25.3 Å². The van der Waals surface area contributed by atoms with Crippen LogP contribution in [0.3, 0.4) is 0 Å². The van der Waals surface area contributed by atoms with Gasteiger partial charge in [-0.2, -0.15) is 0 Å². The highest BCUT2D eigenvalue weighted by atomic mass is 127. The van der Waals surface area contributed by atoms with E-state index in [9.17, 15) is 4.39 Å². The average molecular weight is 527 g/mol. The molecule has 0 bridgehead atoms. The second kappa shape index (κ2) is 12.0. The van der Waals surface area contributed by atoms with Gasteiger partial charge in [0.2, 0.25) is 0 Å². The smallest absolute Gasteiger partial charge is 0.191 e. The van der Waals surface area contributed by atoms with Gasteiger partial charge >= 0.3 is 0 Å². The van der Waals surface area contributed by atoms with Crippen LogP contribution in [0, 0.1) is 12.7 Å². The summed E-state index contributed by atoms with van der Waals surface area (Å²) in [6.45, 7) is 10.2. The maximum Gasteiger partial charge on any atom is 0.191 e. The molecular formula is C22H31FIN5O. The standard InChI is InChI=1S/C22H30FN5O.HI/c1-4-24-22(26-13-18-5-6-20(23)16(2)11-18)27-14-19-7-8-25-21(12-19)28-9-10-29-17(3)15-28;/h5-8,11-12,17H,4,9-10,13-15H2,1-3H3,(H2,24,26,27);1H. The molecule has 6 nitrogen and oxygen atoms in total. The minimum atomic E-state index is -0.189. The first-order valence-electron chi connectivity index (χ1n) is 10.1. The van der Waals surface area contributed by atoms with E-state index in [0.717, 1.165) is 49.1 Å². The molecule has 0 amide bonds. The van der Waals surface area contributed by atoms with Gasteiger partial charge in [-0.05, 0) is 55.7 Å². The first-order valence-corrected chi connectivity index (χ1v) is 10.1. The summed E-state index contributed by atoms with van der Waals surface area (Å²) >= 11 is 0. The lowest BCUT2D eigenvalue weighted by Crippen LogP contribution is -2.41. The van der Waals surface area contributed by atoms with E-state index in [2.05, 4.69) is 38.5 Å². The van der Waals surface area contributed by atoms with Crippen molar-refractivity contribution in [1.82, 2.24) is 15.6 Å². The molecule has 0 radical (unpaired) electrons. The van der Waals surface area contributed by atoms with Gasteiger partial charge in [0.05, 0.1) is 19.3 Å². The zero-order chi connectivity index (χ0) is 20.6. The van der Waals surface area contributed by atoms with Gasteiger partial charge in [-0.25, -0.2) is 14.4 Å². The van der Waals surface area contributed by atoms with E-state index >= 15 is 0 Å². The van der Waals surface area contributed by atoms with Crippen LogP contribution in [-0.4, -0.2) is 43.3 Å². The van der Waals surface area contributed by atoms with E-state index in [1.165, 1.54) is 6.07 Å². The average Bonchev–Trinajstić information content (AvgIpc) is 2.73. The fraction of sp³-hybridized carbons (Fsp3) is 0.455. The first-order chi connectivity index (χ1) is 14.0. The number of benzene rings is 1. The molecule has 3 rings (SSSR count). The van der Waals surface area contributed by atoms with Crippen molar-refractivity contribution in [1.29, 1.82) is 0 Å². The molecule has 1 aromatic carbocycles. The monoisotopic (exact) mass is 527 g/mol. The summed E-state index contributed by atoms with van der Waals surface area (Å²) in [5.74, 6) is 1.52. The first kappa shape index (κ1) is 24.3. The molecule has 0 saturated carbocycles. The highest BCUT2D eigenvalue weighted by Crippen LogP contribution is 2.16. The number of hydrogen-bond donors (Lipinski definition) is 2. The Morgan fingerprint density at radius 3 is 2.83 bits per heavy atom. The molecule has 0 spiro atoms. The number of hydrogen-bond acceptors (Lipinski definition) is 4. The summed E-state index contributed by atoms with van der Waals surface area (Å²) in [7, 11) is 0. The van der Waals surface area contributed by atoms with Crippen LogP contribution >= 0.6 is 24.0 Å². The second-order valence-corrected chi connectivity index (χ2v) is 7.28. The number of halogens is 2. The van der Waals surface area contributed by atoms with Gasteiger partial charge in [0.25, 0.3) is 0 Å². The van der Waals surface area contributed by atoms with Crippen LogP contribution in [0.1, 0.15) is 30.5 Å². The lowest BCUT2D eigenvalue weighted by atomic mass is 10.1. The van der Waals surface area contributed by atoms with E-state index in [4.69, 9.17) is 4.74 Å². The van der Waals surface area contributed by atoms with Crippen LogP contribution in [0.5, 0.6) is 0 Å². The van der Waals surface area contributed by atoms with Crippen molar-refractivity contribution in [2.24, 2.45) is 4.99 Å². The number of rotatable bonds is 6. The van der Waals surface area contributed by atoms with Gasteiger partial charge in [0, 0.05) is 32.4 Å². The lowest BCUT2D eigenvalue weighted by molar-refractivity contribution is 0.0529. The third-order valence-electron chi connectivity index (χ3n) is 4.82. The number of aliphatic imine (C=N–C) groups is 1. The Morgan fingerprint density at radius 2 is 2.10 bits per heavy atom. The summed E-state index contributed by atoms with van der Waals surface area (Å²) < 4.78 is 19.1. The number of nitrogens with zero attached hydrogens (tertiary/aromatic N) is 3. The van der Waals surface area contributed by atoms with Crippen molar-refractivity contribution in [3.63, 3.8) is 0 Å². The number of guanidine groups is 1. The Balaban J connectivity index is 0.00000320. The summed E-state index contributed by atoms with van der Waals surface area (Å²) in [5, 5.41) is 6.62. The Hall–Kier alpha value is -1.94. The predicted molar refractivity (Wildman–Crippen MR) is 130 cm³/mol. The molecule has 1 atom stereocenters. The van der Waals surface area contributed by atoms with Crippen molar-refractivity contribution in [2.75, 3.05) is 31.1 Å². The Bertz CT molecular complexity index is 848. The minimum absolute atomic E-state index is 0. The maximum atomic E-state index is 13.4. The normalized spacial score (nSPS) is 16.7. The van der Waals surface area contributed by atoms with Crippen LogP contribution in [-0.2, 0) is 17.8 Å². The van der Waals surface area contributed by atoms with Gasteiger partial charge in [0.15, 0.2) is 5.96 Å². The summed E-state index contributed by atoms with van der Waals surface area (Å²) in [4.78, 5) is 11.4. The molecule has 1 aliphatic rings. The maximum absolute atomic E-state index is 13.4. The highest BCUT2D eigenvalue weighted by molar-refractivity contribution is 14.0. The van der Waals surface area contributed by atoms with Crippen LogP contribution < -0.4 is 15.5 Å². The van der Waals surface area contributed by atoms with E-state index in [0.29, 0.717) is 18.7 Å². The van der Waals surface area contributed by atoms with Gasteiger partial charge in [-0.3, -0.25) is 0 Å². The fourth-order valence-electron chi connectivity index (χ4n) is 3.27. The van der Waals surface area contributed by atoms with Crippen LogP contribution in [0.25, 0.3) is 0 Å². The van der Waals surface area contributed by atoms with Crippen LogP contribution in [0.4, 0.5) is 10.2 Å². The fourth-order valence-corrected chi connectivity index (χ4v) is 3.27. The number of anilines is 1. The van der Waals surface area contributed by atoms with Gasteiger partial charge in [-0.1, -0.05) is 12.1 Å². The molecule has 1 unspecified atom stereocenters. The molecule has 1 aromatic heterocycles. The predicted octanol–water partition coefficient (Wildman–Crippen LogP) is 3.63. The van der Waals surface area contributed by atoms with Crippen molar-refractivity contribution in [3.8, 4) is 0 Å². The Morgan fingerprint density at radius 1 is 1.27 bits per heavy atom. The molecule has 1 aliphatic heterocycles. The van der Waals surface area contributed by atoms with Gasteiger partial charge in [0.1, 0.15) is 11.6 Å². The number of morpholine rings is 1. The minimum Gasteiger partial charge on any atom is -0.375 e. The number of nitrogens with one attached hydrogen (secondary N) is 2. The molecule has 30 heavy (non-hydrogen) atoms. The molecule has 1 fully saturated rings. The Kier molecular flexibility index (Phi) is 9.77. The summed E-state index contributed by atoms with van der Waals surface area (Å²) in [6, 6.07) is 9.21. The number of ether oxygens (including phenoxy) is 1. The third kappa shape index (κ3) is 7.09. The van der Waals surface area contributed by atoms with Crippen LogP contribution in [0.15, 0.2) is 41.5 Å². The zero-order valence-corrected chi connectivity index (χ0v) is 20.2. The quantitative estimate of drug-likeness (QED) is 0.342. The van der Waals surface area contributed by atoms with Crippen molar-refractivity contribution < 1.29 is 9.13 Å². The molecule has 8 heteroatoms. The number of aryl methyl sites for hydroxylation is 1. The third-order valence-corrected chi connectivity index (χ3v) is 4.82. The molecule has 164 valence electrons. The highest BCUT2D eigenvalue weighted by Gasteiger charge is 2.18. The second-order valence-electron chi connectivity index (χ2n) is 7.28. The summed E-state index contributed by atoms with van der Waals surface area (Å²) in [5.41, 5.74) is 2.75. The molecule has 0 aliphatic carbocycles. The van der Waals surface area contributed by atoms with E-state index in [1.54, 1.807) is 13.0 Å². The number of pyridine rings is 1. The molecule has 2 aromatic rings. The molecular weight excluding hydrogens is 496 g/mol. The van der Waals surface area contributed by atoms with Crippen molar-refractivity contribution >= 4 is 35.8 Å². The molecule has 2 N–H and O–H groups in total. The Labute approximate surface area is 195 Å². The van der Waals surface area contributed by atoms with Gasteiger partial charge < -0.3 is 20.3 Å².